The SMILES string of the molecule is c1ccc(-c2ccc(-c3ccc(N(c4ccc(-c5cc(-c6ccccc6)cc(-c6ccccc6)c5)cc4)c4ccc5c(c4)c4ccccc4n5-c4ccccc4)cc3)cc2)cc1. The van der Waals surface area contributed by atoms with Gasteiger partial charge in [0, 0.05) is 33.5 Å². The van der Waals surface area contributed by atoms with Crippen molar-refractivity contribution in [2.45, 2.75) is 0 Å². The minimum Gasteiger partial charge on any atom is -0.310 e. The summed E-state index contributed by atoms with van der Waals surface area (Å²) in [6.45, 7) is 0. The molecule has 11 aromatic rings. The third kappa shape index (κ3) is 7.04. The van der Waals surface area contributed by atoms with Gasteiger partial charge in [0.15, 0.2) is 0 Å². The van der Waals surface area contributed by atoms with Gasteiger partial charge in [-0.25, -0.2) is 0 Å². The van der Waals surface area contributed by atoms with E-state index in [0.717, 1.165) is 22.7 Å². The van der Waals surface area contributed by atoms with Gasteiger partial charge in [-0.2, -0.15) is 0 Å². The Labute approximate surface area is 362 Å². The molecule has 0 atom stereocenters. The molecular weight excluding hydrogens is 749 g/mol. The quantitative estimate of drug-likeness (QED) is 0.141. The summed E-state index contributed by atoms with van der Waals surface area (Å²) in [5, 5.41) is 2.44. The first-order valence-corrected chi connectivity index (χ1v) is 21.2. The van der Waals surface area contributed by atoms with Gasteiger partial charge in [-0.3, -0.25) is 0 Å². The van der Waals surface area contributed by atoms with E-state index in [0.29, 0.717) is 0 Å². The smallest absolute Gasteiger partial charge is 0.0542 e. The van der Waals surface area contributed by atoms with E-state index in [2.05, 4.69) is 264 Å². The molecule has 0 saturated carbocycles. The van der Waals surface area contributed by atoms with Crippen LogP contribution in [-0.4, -0.2) is 4.57 Å². The normalized spacial score (nSPS) is 11.2. The molecule has 0 unspecified atom stereocenters. The number of nitrogens with zero attached hydrogens (tertiary/aromatic N) is 2. The summed E-state index contributed by atoms with van der Waals surface area (Å²) in [6, 6.07) is 92.1. The summed E-state index contributed by atoms with van der Waals surface area (Å²) in [5.74, 6) is 0. The predicted octanol–water partition coefficient (Wildman–Crippen LogP) is 16.6. The van der Waals surface area contributed by atoms with E-state index in [1.54, 1.807) is 0 Å². The molecule has 1 heterocycles. The number of fused-ring (bicyclic) bond motifs is 3. The summed E-state index contributed by atoms with van der Waals surface area (Å²) in [7, 11) is 0. The summed E-state index contributed by atoms with van der Waals surface area (Å²) >= 11 is 0. The average Bonchev–Trinajstić information content (AvgIpc) is 3.69. The molecule has 2 nitrogen and oxygen atoms in total. The number of hydrogen-bond donors (Lipinski definition) is 0. The Morgan fingerprint density at radius 3 is 1.05 bits per heavy atom. The van der Waals surface area contributed by atoms with Crippen molar-refractivity contribution >= 4 is 38.9 Å². The van der Waals surface area contributed by atoms with Crippen LogP contribution >= 0.6 is 0 Å². The van der Waals surface area contributed by atoms with Crippen LogP contribution in [0.2, 0.25) is 0 Å². The third-order valence-electron chi connectivity index (χ3n) is 12.0. The molecule has 0 amide bonds. The van der Waals surface area contributed by atoms with Crippen molar-refractivity contribution in [3.05, 3.63) is 255 Å². The lowest BCUT2D eigenvalue weighted by Gasteiger charge is -2.26. The monoisotopic (exact) mass is 790 g/mol. The lowest BCUT2D eigenvalue weighted by molar-refractivity contribution is 1.18. The lowest BCUT2D eigenvalue weighted by atomic mass is 9.93. The largest absolute Gasteiger partial charge is 0.310 e. The zero-order valence-electron chi connectivity index (χ0n) is 34.1. The minimum absolute atomic E-state index is 1.09. The van der Waals surface area contributed by atoms with Gasteiger partial charge in [0.05, 0.1) is 11.0 Å². The topological polar surface area (TPSA) is 8.17 Å². The number of para-hydroxylation sites is 2. The highest BCUT2D eigenvalue weighted by Crippen LogP contribution is 2.41. The molecule has 0 aliphatic carbocycles. The van der Waals surface area contributed by atoms with E-state index in [1.807, 2.05) is 0 Å². The number of aromatic nitrogens is 1. The van der Waals surface area contributed by atoms with Crippen molar-refractivity contribution in [1.29, 1.82) is 0 Å². The number of hydrogen-bond acceptors (Lipinski definition) is 1. The molecule has 0 aliphatic heterocycles. The second-order valence-corrected chi connectivity index (χ2v) is 15.8. The molecule has 1 aromatic heterocycles. The second kappa shape index (κ2) is 16.1. The highest BCUT2D eigenvalue weighted by molar-refractivity contribution is 6.10. The molecule has 11 rings (SSSR count). The molecule has 0 saturated heterocycles. The zero-order chi connectivity index (χ0) is 41.2. The molecule has 0 spiro atoms. The van der Waals surface area contributed by atoms with Crippen LogP contribution in [0.25, 0.3) is 83.1 Å². The highest BCUT2D eigenvalue weighted by Gasteiger charge is 2.18. The van der Waals surface area contributed by atoms with Crippen LogP contribution in [-0.2, 0) is 0 Å². The Morgan fingerprint density at radius 1 is 0.226 bits per heavy atom. The molecule has 62 heavy (non-hydrogen) atoms. The molecule has 0 bridgehead atoms. The molecule has 2 heteroatoms. The Kier molecular flexibility index (Phi) is 9.57. The van der Waals surface area contributed by atoms with Gasteiger partial charge in [-0.05, 0) is 134 Å². The van der Waals surface area contributed by atoms with Gasteiger partial charge in [-0.1, -0.05) is 176 Å². The second-order valence-electron chi connectivity index (χ2n) is 15.8. The third-order valence-corrected chi connectivity index (χ3v) is 12.0. The van der Waals surface area contributed by atoms with Gasteiger partial charge in [0.1, 0.15) is 0 Å². The Morgan fingerprint density at radius 2 is 0.565 bits per heavy atom. The fourth-order valence-electron chi connectivity index (χ4n) is 8.88. The maximum absolute atomic E-state index is 2.38. The van der Waals surface area contributed by atoms with E-state index in [4.69, 9.17) is 0 Å². The average molecular weight is 791 g/mol. The van der Waals surface area contributed by atoms with Crippen LogP contribution < -0.4 is 4.90 Å². The molecular formula is C60H42N2. The van der Waals surface area contributed by atoms with E-state index in [-0.39, 0.29) is 0 Å². The summed E-state index contributed by atoms with van der Waals surface area (Å²) in [5.41, 5.74) is 18.7. The molecule has 0 N–H and O–H groups in total. The van der Waals surface area contributed by atoms with Crippen molar-refractivity contribution in [2.24, 2.45) is 0 Å². The van der Waals surface area contributed by atoms with E-state index in [9.17, 15) is 0 Å². The van der Waals surface area contributed by atoms with Gasteiger partial charge < -0.3 is 9.47 Å². The molecule has 0 fully saturated rings. The number of benzene rings is 10. The first kappa shape index (κ1) is 36.8. The number of anilines is 3. The first-order valence-electron chi connectivity index (χ1n) is 21.2. The Bertz CT molecular complexity index is 3220. The van der Waals surface area contributed by atoms with E-state index < -0.39 is 0 Å². The number of rotatable bonds is 9. The fourth-order valence-corrected chi connectivity index (χ4v) is 8.88. The van der Waals surface area contributed by atoms with Crippen LogP contribution in [0.4, 0.5) is 17.1 Å². The van der Waals surface area contributed by atoms with Gasteiger partial charge in [0.25, 0.3) is 0 Å². The van der Waals surface area contributed by atoms with Crippen molar-refractivity contribution in [1.82, 2.24) is 4.57 Å². The van der Waals surface area contributed by atoms with Crippen LogP contribution in [0.3, 0.4) is 0 Å². The van der Waals surface area contributed by atoms with Crippen molar-refractivity contribution < 1.29 is 0 Å². The van der Waals surface area contributed by atoms with Crippen LogP contribution in [0.1, 0.15) is 0 Å². The fraction of sp³-hybridized carbons (Fsp3) is 0. The van der Waals surface area contributed by atoms with Crippen LogP contribution in [0, 0.1) is 0 Å². The highest BCUT2D eigenvalue weighted by atomic mass is 15.1. The maximum atomic E-state index is 2.38. The molecule has 0 radical (unpaired) electrons. The first-order chi connectivity index (χ1) is 30.7. The molecule has 10 aromatic carbocycles. The minimum atomic E-state index is 1.09. The van der Waals surface area contributed by atoms with E-state index >= 15 is 0 Å². The predicted molar refractivity (Wildman–Crippen MR) is 263 cm³/mol. The molecule has 0 aliphatic rings. The van der Waals surface area contributed by atoms with Gasteiger partial charge >= 0.3 is 0 Å². The summed E-state index contributed by atoms with van der Waals surface area (Å²) in [4.78, 5) is 2.38. The van der Waals surface area contributed by atoms with Crippen molar-refractivity contribution in [2.75, 3.05) is 4.90 Å². The van der Waals surface area contributed by atoms with Gasteiger partial charge in [0.2, 0.25) is 0 Å². The summed E-state index contributed by atoms with van der Waals surface area (Å²) in [6.07, 6.45) is 0. The van der Waals surface area contributed by atoms with Crippen LogP contribution in [0.5, 0.6) is 0 Å². The van der Waals surface area contributed by atoms with E-state index in [1.165, 1.54) is 77.4 Å². The summed E-state index contributed by atoms with van der Waals surface area (Å²) < 4.78 is 2.37. The lowest BCUT2D eigenvalue weighted by Crippen LogP contribution is -2.10. The van der Waals surface area contributed by atoms with Crippen LogP contribution in [0.15, 0.2) is 255 Å². The Balaban J connectivity index is 1.02. The maximum Gasteiger partial charge on any atom is 0.0542 e. The van der Waals surface area contributed by atoms with Gasteiger partial charge in [-0.15, -0.1) is 0 Å². The zero-order valence-corrected chi connectivity index (χ0v) is 34.1. The van der Waals surface area contributed by atoms with Crippen molar-refractivity contribution in [3.8, 4) is 61.3 Å². The molecule has 292 valence electrons. The Hall–Kier alpha value is -8.20. The standard InChI is InChI=1S/C60H42N2/c1-5-15-43(16-6-1)46-25-27-47(28-26-46)48-29-33-54(34-30-48)61(56-37-38-60-58(42-56)57-23-13-14-24-59(57)62(60)53-21-11-4-12-22-53)55-35-31-49(32-36-55)52-40-50(44-17-7-2-8-18-44)39-51(41-52)45-19-9-3-10-20-45/h1-42H. The van der Waals surface area contributed by atoms with Crippen molar-refractivity contribution in [3.63, 3.8) is 0 Å².